The molecule has 6 nitrogen and oxygen atoms in total. The van der Waals surface area contributed by atoms with Gasteiger partial charge in [-0.25, -0.2) is 4.79 Å². The fourth-order valence-electron chi connectivity index (χ4n) is 3.19. The minimum Gasteiger partial charge on any atom is -0.493 e. The van der Waals surface area contributed by atoms with Crippen molar-refractivity contribution < 1.29 is 14.3 Å². The molecule has 0 aliphatic carbocycles. The zero-order valence-corrected chi connectivity index (χ0v) is 16.5. The Morgan fingerprint density at radius 2 is 1.75 bits per heavy atom. The van der Waals surface area contributed by atoms with E-state index in [2.05, 4.69) is 33.8 Å². The largest absolute Gasteiger partial charge is 0.493 e. The molecule has 0 aromatic heterocycles. The van der Waals surface area contributed by atoms with E-state index in [1.54, 1.807) is 19.2 Å². The first kappa shape index (κ1) is 19.7. The number of nitrogens with zero attached hydrogens (tertiary/aromatic N) is 1. The molecule has 2 N–H and O–H groups in total. The van der Waals surface area contributed by atoms with Crippen LogP contribution in [0.2, 0.25) is 0 Å². The lowest BCUT2D eigenvalue weighted by Crippen LogP contribution is -2.39. The van der Waals surface area contributed by atoms with Gasteiger partial charge in [-0.3, -0.25) is 4.99 Å². The van der Waals surface area contributed by atoms with E-state index in [1.807, 2.05) is 12.1 Å². The van der Waals surface area contributed by atoms with Crippen LogP contribution in [0.1, 0.15) is 27.0 Å². The number of esters is 1. The molecule has 0 unspecified atom stereocenters. The molecule has 0 amide bonds. The van der Waals surface area contributed by atoms with Crippen molar-refractivity contribution in [1.29, 1.82) is 0 Å². The molecule has 0 bridgehead atoms. The Kier molecular flexibility index (Phi) is 6.89. The number of rotatable bonds is 7. The molecule has 28 heavy (non-hydrogen) atoms. The van der Waals surface area contributed by atoms with Crippen LogP contribution in [0.4, 0.5) is 0 Å². The Bertz CT molecular complexity index is 831. The zero-order chi connectivity index (χ0) is 19.8. The highest BCUT2D eigenvalue weighted by molar-refractivity contribution is 5.89. The van der Waals surface area contributed by atoms with Gasteiger partial charge < -0.3 is 20.1 Å². The molecule has 0 atom stereocenters. The van der Waals surface area contributed by atoms with Gasteiger partial charge in [-0.05, 0) is 47.7 Å². The SMILES string of the molecule is CN=C(NCCc1ccc(C(=O)OC)cc1)NCCc1ccc2c(c1)CCO2. The average Bonchev–Trinajstić information content (AvgIpc) is 3.20. The summed E-state index contributed by atoms with van der Waals surface area (Å²) in [4.78, 5) is 15.7. The van der Waals surface area contributed by atoms with Crippen LogP contribution in [0.25, 0.3) is 0 Å². The van der Waals surface area contributed by atoms with Gasteiger partial charge in [0.2, 0.25) is 0 Å². The van der Waals surface area contributed by atoms with E-state index in [9.17, 15) is 4.79 Å². The molecule has 1 heterocycles. The summed E-state index contributed by atoms with van der Waals surface area (Å²) < 4.78 is 10.3. The second kappa shape index (κ2) is 9.78. The van der Waals surface area contributed by atoms with Crippen LogP contribution in [0, 0.1) is 0 Å². The van der Waals surface area contributed by atoms with Gasteiger partial charge in [0.25, 0.3) is 0 Å². The first-order valence-corrected chi connectivity index (χ1v) is 9.56. The van der Waals surface area contributed by atoms with Gasteiger partial charge in [0.1, 0.15) is 5.75 Å². The van der Waals surface area contributed by atoms with Gasteiger partial charge in [-0.1, -0.05) is 24.3 Å². The van der Waals surface area contributed by atoms with E-state index in [1.165, 1.54) is 18.2 Å². The Balaban J connectivity index is 1.39. The van der Waals surface area contributed by atoms with Gasteiger partial charge in [0, 0.05) is 26.6 Å². The molecule has 0 saturated carbocycles. The number of hydrogen-bond donors (Lipinski definition) is 2. The number of aliphatic imine (C=N–C) groups is 1. The fraction of sp³-hybridized carbons (Fsp3) is 0.364. The number of nitrogens with one attached hydrogen (secondary N) is 2. The van der Waals surface area contributed by atoms with E-state index < -0.39 is 0 Å². The van der Waals surface area contributed by atoms with E-state index in [4.69, 9.17) is 9.47 Å². The van der Waals surface area contributed by atoms with Crippen molar-refractivity contribution in [3.05, 3.63) is 64.7 Å². The van der Waals surface area contributed by atoms with Gasteiger partial charge in [-0.2, -0.15) is 0 Å². The van der Waals surface area contributed by atoms with Gasteiger partial charge >= 0.3 is 5.97 Å². The van der Waals surface area contributed by atoms with E-state index in [0.29, 0.717) is 5.56 Å². The summed E-state index contributed by atoms with van der Waals surface area (Å²) in [5.74, 6) is 1.50. The first-order chi connectivity index (χ1) is 13.7. The standard InChI is InChI=1S/C22H27N3O3/c1-23-22(24-12-9-16-3-6-18(7-4-16)21(26)27-2)25-13-10-17-5-8-20-19(15-17)11-14-28-20/h3-8,15H,9-14H2,1-2H3,(H2,23,24,25). The summed E-state index contributed by atoms with van der Waals surface area (Å²) in [5.41, 5.74) is 4.32. The van der Waals surface area contributed by atoms with E-state index in [-0.39, 0.29) is 5.97 Å². The van der Waals surface area contributed by atoms with Crippen LogP contribution in [-0.4, -0.2) is 45.8 Å². The maximum absolute atomic E-state index is 11.5. The van der Waals surface area contributed by atoms with Crippen LogP contribution >= 0.6 is 0 Å². The van der Waals surface area contributed by atoms with Gasteiger partial charge in [0.15, 0.2) is 5.96 Å². The summed E-state index contributed by atoms with van der Waals surface area (Å²) in [6, 6.07) is 13.9. The number of ether oxygens (including phenoxy) is 2. The van der Waals surface area contributed by atoms with Crippen molar-refractivity contribution in [3.63, 3.8) is 0 Å². The van der Waals surface area contributed by atoms with Crippen LogP contribution in [-0.2, 0) is 24.0 Å². The molecule has 2 aromatic carbocycles. The van der Waals surface area contributed by atoms with Crippen molar-refractivity contribution in [3.8, 4) is 5.75 Å². The number of carbonyl (C=O) groups excluding carboxylic acids is 1. The van der Waals surface area contributed by atoms with Crippen molar-refractivity contribution >= 4 is 11.9 Å². The average molecular weight is 381 g/mol. The maximum atomic E-state index is 11.5. The van der Waals surface area contributed by atoms with Crippen molar-refractivity contribution in [2.45, 2.75) is 19.3 Å². The molecule has 3 rings (SSSR count). The monoisotopic (exact) mass is 381 g/mol. The second-order valence-corrected chi connectivity index (χ2v) is 6.65. The van der Waals surface area contributed by atoms with E-state index in [0.717, 1.165) is 56.2 Å². The minimum absolute atomic E-state index is 0.315. The zero-order valence-electron chi connectivity index (χ0n) is 16.5. The molecule has 0 fully saturated rings. The fourth-order valence-corrected chi connectivity index (χ4v) is 3.19. The van der Waals surface area contributed by atoms with Crippen molar-refractivity contribution in [2.24, 2.45) is 4.99 Å². The number of benzene rings is 2. The lowest BCUT2D eigenvalue weighted by Gasteiger charge is -2.12. The Hall–Kier alpha value is -3.02. The summed E-state index contributed by atoms with van der Waals surface area (Å²) in [6.45, 7) is 2.36. The summed E-state index contributed by atoms with van der Waals surface area (Å²) in [6.07, 6.45) is 2.77. The Morgan fingerprint density at radius 3 is 2.43 bits per heavy atom. The third-order valence-corrected chi connectivity index (χ3v) is 4.76. The predicted octanol–water partition coefficient (Wildman–Crippen LogP) is 2.36. The molecule has 0 radical (unpaired) electrons. The molecule has 148 valence electrons. The highest BCUT2D eigenvalue weighted by Crippen LogP contribution is 2.25. The number of fused-ring (bicyclic) bond motifs is 1. The minimum atomic E-state index is -0.315. The van der Waals surface area contributed by atoms with Crippen LogP contribution in [0.5, 0.6) is 5.75 Å². The number of carbonyl (C=O) groups is 1. The molecule has 6 heteroatoms. The van der Waals surface area contributed by atoms with Crippen LogP contribution in [0.15, 0.2) is 47.5 Å². The molecule has 2 aromatic rings. The lowest BCUT2D eigenvalue weighted by molar-refractivity contribution is 0.0600. The molecular weight excluding hydrogens is 354 g/mol. The molecule has 0 spiro atoms. The predicted molar refractivity (Wildman–Crippen MR) is 110 cm³/mol. The smallest absolute Gasteiger partial charge is 0.337 e. The third kappa shape index (κ3) is 5.25. The molecule has 0 saturated heterocycles. The Labute approximate surface area is 166 Å². The summed E-state index contributed by atoms with van der Waals surface area (Å²) >= 11 is 0. The van der Waals surface area contributed by atoms with Crippen molar-refractivity contribution in [1.82, 2.24) is 10.6 Å². The number of guanidine groups is 1. The highest BCUT2D eigenvalue weighted by Gasteiger charge is 2.11. The van der Waals surface area contributed by atoms with Gasteiger partial charge in [-0.15, -0.1) is 0 Å². The summed E-state index contributed by atoms with van der Waals surface area (Å²) in [7, 11) is 3.16. The third-order valence-electron chi connectivity index (χ3n) is 4.76. The number of hydrogen-bond acceptors (Lipinski definition) is 4. The molecule has 1 aliphatic heterocycles. The molecular formula is C22H27N3O3. The first-order valence-electron chi connectivity index (χ1n) is 9.56. The second-order valence-electron chi connectivity index (χ2n) is 6.65. The van der Waals surface area contributed by atoms with Crippen LogP contribution in [0.3, 0.4) is 0 Å². The topological polar surface area (TPSA) is 72.0 Å². The quantitative estimate of drug-likeness (QED) is 0.438. The normalized spacial score (nSPS) is 12.9. The van der Waals surface area contributed by atoms with E-state index >= 15 is 0 Å². The van der Waals surface area contributed by atoms with Crippen LogP contribution < -0.4 is 15.4 Å². The molecule has 1 aliphatic rings. The Morgan fingerprint density at radius 1 is 1.07 bits per heavy atom. The summed E-state index contributed by atoms with van der Waals surface area (Å²) in [5, 5.41) is 6.67. The maximum Gasteiger partial charge on any atom is 0.337 e. The number of methoxy groups -OCH3 is 1. The van der Waals surface area contributed by atoms with Crippen molar-refractivity contribution in [2.75, 3.05) is 33.9 Å². The highest BCUT2D eigenvalue weighted by atomic mass is 16.5. The van der Waals surface area contributed by atoms with Gasteiger partial charge in [0.05, 0.1) is 19.3 Å². The lowest BCUT2D eigenvalue weighted by atomic mass is 10.1.